The molecule has 1 aliphatic rings. The fourth-order valence-electron chi connectivity index (χ4n) is 2.30. The number of methoxy groups -OCH3 is 1. The van der Waals surface area contributed by atoms with Crippen molar-refractivity contribution in [2.45, 2.75) is 25.7 Å². The number of aromatic nitrogens is 3. The number of hydrogen-bond donors (Lipinski definition) is 0. The highest BCUT2D eigenvalue weighted by atomic mass is 16.5. The summed E-state index contributed by atoms with van der Waals surface area (Å²) in [5.74, 6) is 1.76. The zero-order valence-electron chi connectivity index (χ0n) is 11.6. The summed E-state index contributed by atoms with van der Waals surface area (Å²) < 4.78 is 16.5. The normalized spacial score (nSPS) is 19.0. The minimum Gasteiger partial charge on any atom is -0.480 e. The molecular weight excluding hydrogens is 258 g/mol. The van der Waals surface area contributed by atoms with Crippen LogP contribution in [0.15, 0.2) is 16.5 Å². The molecule has 0 N–H and O–H groups in total. The lowest BCUT2D eigenvalue weighted by atomic mass is 10.0. The van der Waals surface area contributed by atoms with E-state index >= 15 is 0 Å². The van der Waals surface area contributed by atoms with Crippen molar-refractivity contribution in [3.63, 3.8) is 0 Å². The average Bonchev–Trinajstić information content (AvgIpc) is 2.97. The molecule has 6 nitrogen and oxygen atoms in total. The van der Waals surface area contributed by atoms with Gasteiger partial charge in [0.05, 0.1) is 19.6 Å². The molecule has 0 bridgehead atoms. The zero-order chi connectivity index (χ0) is 13.9. The van der Waals surface area contributed by atoms with Crippen LogP contribution in [-0.4, -0.2) is 35.5 Å². The van der Waals surface area contributed by atoms with Gasteiger partial charge in [0, 0.05) is 12.3 Å². The summed E-state index contributed by atoms with van der Waals surface area (Å²) in [5, 5.41) is 8.24. The second kappa shape index (κ2) is 5.58. The van der Waals surface area contributed by atoms with Gasteiger partial charge in [-0.3, -0.25) is 0 Å². The molecule has 0 spiro atoms. The predicted octanol–water partition coefficient (Wildman–Crippen LogP) is 2.34. The Kier molecular flexibility index (Phi) is 3.64. The lowest BCUT2D eigenvalue weighted by molar-refractivity contribution is 0.0727. The Hall–Kier alpha value is -1.95. The van der Waals surface area contributed by atoms with E-state index in [1.165, 1.54) is 0 Å². The second-order valence-corrected chi connectivity index (χ2v) is 4.87. The molecule has 20 heavy (non-hydrogen) atoms. The number of rotatable bonds is 3. The Morgan fingerprint density at radius 3 is 2.95 bits per heavy atom. The summed E-state index contributed by atoms with van der Waals surface area (Å²) >= 11 is 0. The van der Waals surface area contributed by atoms with Crippen LogP contribution in [0.25, 0.3) is 11.5 Å². The SMILES string of the molecule is COc1nc(C)ccc1-c1nnc(C2CCCOC2)o1. The van der Waals surface area contributed by atoms with Gasteiger partial charge >= 0.3 is 0 Å². The van der Waals surface area contributed by atoms with E-state index in [1.807, 2.05) is 19.1 Å². The van der Waals surface area contributed by atoms with E-state index in [1.54, 1.807) is 7.11 Å². The van der Waals surface area contributed by atoms with E-state index in [9.17, 15) is 0 Å². The van der Waals surface area contributed by atoms with Crippen molar-refractivity contribution >= 4 is 0 Å². The Balaban J connectivity index is 1.89. The second-order valence-electron chi connectivity index (χ2n) is 4.87. The average molecular weight is 275 g/mol. The van der Waals surface area contributed by atoms with Crippen molar-refractivity contribution in [1.29, 1.82) is 0 Å². The Morgan fingerprint density at radius 2 is 2.20 bits per heavy atom. The van der Waals surface area contributed by atoms with E-state index in [0.717, 1.165) is 25.1 Å². The van der Waals surface area contributed by atoms with Crippen LogP contribution in [0.3, 0.4) is 0 Å². The molecule has 0 radical (unpaired) electrons. The molecule has 2 aromatic rings. The maximum atomic E-state index is 5.77. The van der Waals surface area contributed by atoms with Crippen molar-refractivity contribution < 1.29 is 13.9 Å². The third-order valence-electron chi connectivity index (χ3n) is 3.37. The third-order valence-corrected chi connectivity index (χ3v) is 3.37. The molecule has 0 amide bonds. The maximum Gasteiger partial charge on any atom is 0.253 e. The number of pyridine rings is 1. The third kappa shape index (κ3) is 2.51. The van der Waals surface area contributed by atoms with E-state index < -0.39 is 0 Å². The minimum atomic E-state index is 0.189. The van der Waals surface area contributed by atoms with Crippen LogP contribution in [0.5, 0.6) is 5.88 Å². The van der Waals surface area contributed by atoms with Gasteiger partial charge in [0.15, 0.2) is 0 Å². The number of ether oxygens (including phenoxy) is 2. The van der Waals surface area contributed by atoms with Gasteiger partial charge in [-0.2, -0.15) is 0 Å². The van der Waals surface area contributed by atoms with Crippen molar-refractivity contribution in [2.24, 2.45) is 0 Å². The predicted molar refractivity (Wildman–Crippen MR) is 71.6 cm³/mol. The summed E-state index contributed by atoms with van der Waals surface area (Å²) in [6, 6.07) is 3.78. The smallest absolute Gasteiger partial charge is 0.253 e. The Morgan fingerprint density at radius 1 is 1.30 bits per heavy atom. The molecule has 3 rings (SSSR count). The molecule has 1 fully saturated rings. The molecule has 0 saturated carbocycles. The van der Waals surface area contributed by atoms with E-state index in [0.29, 0.717) is 29.8 Å². The fourth-order valence-corrected chi connectivity index (χ4v) is 2.30. The molecule has 2 aromatic heterocycles. The molecule has 106 valence electrons. The van der Waals surface area contributed by atoms with E-state index in [2.05, 4.69) is 15.2 Å². The van der Waals surface area contributed by atoms with Crippen LogP contribution in [-0.2, 0) is 4.74 Å². The highest BCUT2D eigenvalue weighted by Gasteiger charge is 2.23. The molecule has 3 heterocycles. The first kappa shape index (κ1) is 13.1. The van der Waals surface area contributed by atoms with Crippen LogP contribution < -0.4 is 4.74 Å². The van der Waals surface area contributed by atoms with Crippen molar-refractivity contribution in [3.05, 3.63) is 23.7 Å². The van der Waals surface area contributed by atoms with Crippen molar-refractivity contribution in [2.75, 3.05) is 20.3 Å². The number of aryl methyl sites for hydroxylation is 1. The highest BCUT2D eigenvalue weighted by molar-refractivity contribution is 5.59. The summed E-state index contributed by atoms with van der Waals surface area (Å²) in [4.78, 5) is 4.32. The van der Waals surface area contributed by atoms with Gasteiger partial charge < -0.3 is 13.9 Å². The fraction of sp³-hybridized carbons (Fsp3) is 0.500. The summed E-state index contributed by atoms with van der Waals surface area (Å²) in [5.41, 5.74) is 1.60. The highest BCUT2D eigenvalue weighted by Crippen LogP contribution is 2.30. The molecule has 1 unspecified atom stereocenters. The maximum absolute atomic E-state index is 5.77. The monoisotopic (exact) mass is 275 g/mol. The van der Waals surface area contributed by atoms with E-state index in [4.69, 9.17) is 13.9 Å². The van der Waals surface area contributed by atoms with Gasteiger partial charge in [-0.15, -0.1) is 10.2 Å². The molecule has 6 heteroatoms. The van der Waals surface area contributed by atoms with Crippen molar-refractivity contribution in [1.82, 2.24) is 15.2 Å². The first-order valence-electron chi connectivity index (χ1n) is 6.71. The van der Waals surface area contributed by atoms with E-state index in [-0.39, 0.29) is 5.92 Å². The Labute approximate surface area is 117 Å². The summed E-state index contributed by atoms with van der Waals surface area (Å²) in [7, 11) is 1.58. The molecule has 0 aliphatic carbocycles. The number of nitrogens with zero attached hydrogens (tertiary/aromatic N) is 3. The Bertz CT molecular complexity index is 591. The van der Waals surface area contributed by atoms with Crippen LogP contribution >= 0.6 is 0 Å². The first-order chi connectivity index (χ1) is 9.78. The summed E-state index contributed by atoms with van der Waals surface area (Å²) in [6.45, 7) is 3.36. The van der Waals surface area contributed by atoms with Crippen molar-refractivity contribution in [3.8, 4) is 17.3 Å². The molecule has 0 aromatic carbocycles. The first-order valence-corrected chi connectivity index (χ1v) is 6.71. The van der Waals surface area contributed by atoms with Gasteiger partial charge in [0.2, 0.25) is 11.8 Å². The minimum absolute atomic E-state index is 0.189. The van der Waals surface area contributed by atoms with Crippen LogP contribution in [0.2, 0.25) is 0 Å². The van der Waals surface area contributed by atoms with Crippen LogP contribution in [0.4, 0.5) is 0 Å². The zero-order valence-corrected chi connectivity index (χ0v) is 11.6. The lowest BCUT2D eigenvalue weighted by Gasteiger charge is -2.18. The van der Waals surface area contributed by atoms with Gasteiger partial charge in [-0.25, -0.2) is 4.98 Å². The standard InChI is InChI=1S/C14H17N3O3/c1-9-5-6-11(13(15-9)18-2)14-17-16-12(20-14)10-4-3-7-19-8-10/h5-6,10H,3-4,7-8H2,1-2H3. The molecular formula is C14H17N3O3. The topological polar surface area (TPSA) is 70.3 Å². The lowest BCUT2D eigenvalue weighted by Crippen LogP contribution is -2.15. The van der Waals surface area contributed by atoms with Gasteiger partial charge in [0.1, 0.15) is 5.56 Å². The van der Waals surface area contributed by atoms with Gasteiger partial charge in [-0.05, 0) is 31.9 Å². The quantitative estimate of drug-likeness (QED) is 0.856. The molecule has 1 saturated heterocycles. The van der Waals surface area contributed by atoms with Crippen LogP contribution in [0, 0.1) is 6.92 Å². The van der Waals surface area contributed by atoms with Crippen LogP contribution in [0.1, 0.15) is 30.3 Å². The summed E-state index contributed by atoms with van der Waals surface area (Å²) in [6.07, 6.45) is 2.04. The molecule has 1 atom stereocenters. The number of hydrogen-bond acceptors (Lipinski definition) is 6. The largest absolute Gasteiger partial charge is 0.480 e. The van der Waals surface area contributed by atoms with Gasteiger partial charge in [0.25, 0.3) is 5.89 Å². The molecule has 1 aliphatic heterocycles. The van der Waals surface area contributed by atoms with Gasteiger partial charge in [-0.1, -0.05) is 0 Å².